The summed E-state index contributed by atoms with van der Waals surface area (Å²) in [6.45, 7) is 3.66. The molecule has 0 unspecified atom stereocenters. The van der Waals surface area contributed by atoms with Crippen molar-refractivity contribution >= 4 is 23.4 Å². The number of hydrogen-bond donors (Lipinski definition) is 2. The van der Waals surface area contributed by atoms with Crippen molar-refractivity contribution in [3.05, 3.63) is 83.4 Å². The van der Waals surface area contributed by atoms with Crippen LogP contribution >= 0.6 is 0 Å². The number of anilines is 1. The van der Waals surface area contributed by atoms with Crippen LogP contribution in [0.1, 0.15) is 26.3 Å². The normalized spacial score (nSPS) is 20.7. The lowest BCUT2D eigenvalue weighted by Crippen LogP contribution is -2.45. The molecule has 43 heavy (non-hydrogen) atoms. The quantitative estimate of drug-likeness (QED) is 0.480. The lowest BCUT2D eigenvalue weighted by atomic mass is 10.1. The molecule has 3 aromatic rings. The fourth-order valence-electron chi connectivity index (χ4n) is 5.45. The van der Waals surface area contributed by atoms with Gasteiger partial charge in [0, 0.05) is 43.0 Å². The second kappa shape index (κ2) is 12.6. The molecule has 224 valence electrons. The summed E-state index contributed by atoms with van der Waals surface area (Å²) in [5.74, 6) is 0.470. The number of carbonyl (C=O) groups is 3. The van der Waals surface area contributed by atoms with E-state index >= 15 is 0 Å². The smallest absolute Gasteiger partial charge is 0.258 e. The Balaban J connectivity index is 1.24. The first-order chi connectivity index (χ1) is 21.0. The van der Waals surface area contributed by atoms with E-state index in [2.05, 4.69) is 15.5 Å². The van der Waals surface area contributed by atoms with Crippen molar-refractivity contribution in [3.63, 3.8) is 0 Å². The molecule has 0 saturated carbocycles. The number of nitrogens with one attached hydrogen (secondary N) is 2. The fourth-order valence-corrected chi connectivity index (χ4v) is 5.45. The molecule has 4 aliphatic heterocycles. The third kappa shape index (κ3) is 6.51. The summed E-state index contributed by atoms with van der Waals surface area (Å²) >= 11 is 0. The van der Waals surface area contributed by atoms with Gasteiger partial charge in [-0.15, -0.1) is 0 Å². The van der Waals surface area contributed by atoms with Gasteiger partial charge in [-0.05, 0) is 60.2 Å². The van der Waals surface area contributed by atoms with Gasteiger partial charge in [-0.25, -0.2) is 0 Å². The Morgan fingerprint density at radius 2 is 1.72 bits per heavy atom. The average molecular weight is 587 g/mol. The second-order valence-corrected chi connectivity index (χ2v) is 10.7. The molecule has 0 aromatic heterocycles. The maximum Gasteiger partial charge on any atom is 0.258 e. The fraction of sp³-hybridized carbons (Fsp3) is 0.344. The van der Waals surface area contributed by atoms with Gasteiger partial charge in [0.15, 0.2) is 18.1 Å². The van der Waals surface area contributed by atoms with E-state index in [1.807, 2.05) is 48.5 Å². The second-order valence-electron chi connectivity index (χ2n) is 10.7. The van der Waals surface area contributed by atoms with E-state index in [-0.39, 0.29) is 36.6 Å². The highest BCUT2D eigenvalue weighted by atomic mass is 16.5. The van der Waals surface area contributed by atoms with E-state index in [1.54, 1.807) is 23.1 Å². The van der Waals surface area contributed by atoms with Crippen LogP contribution in [-0.4, -0.2) is 87.9 Å². The molecular weight excluding hydrogens is 552 g/mol. The molecular formula is C32H34N4O7. The van der Waals surface area contributed by atoms with Crippen LogP contribution in [0.5, 0.6) is 17.2 Å². The van der Waals surface area contributed by atoms with Crippen molar-refractivity contribution < 1.29 is 33.3 Å². The zero-order chi connectivity index (χ0) is 29.8. The highest BCUT2D eigenvalue weighted by Gasteiger charge is 2.38. The predicted octanol–water partition coefficient (Wildman–Crippen LogP) is 2.24. The van der Waals surface area contributed by atoms with E-state index in [4.69, 9.17) is 18.9 Å². The van der Waals surface area contributed by atoms with E-state index < -0.39 is 12.1 Å². The van der Waals surface area contributed by atoms with E-state index in [0.717, 1.165) is 24.3 Å². The van der Waals surface area contributed by atoms with Crippen LogP contribution in [0.25, 0.3) is 0 Å². The summed E-state index contributed by atoms with van der Waals surface area (Å²) in [6.07, 6.45) is -0.490. The van der Waals surface area contributed by atoms with Gasteiger partial charge in [0.1, 0.15) is 11.9 Å². The number of rotatable bonds is 3. The van der Waals surface area contributed by atoms with Gasteiger partial charge in [0.25, 0.3) is 17.7 Å². The molecule has 7 rings (SSSR count). The third-order valence-corrected chi connectivity index (χ3v) is 7.85. The molecule has 11 heteroatoms. The number of fused-ring (bicyclic) bond motifs is 7. The number of likely N-dealkylation sites (tertiary alicyclic amines) is 1. The Labute approximate surface area is 249 Å². The van der Waals surface area contributed by atoms with Crippen molar-refractivity contribution in [3.8, 4) is 17.2 Å². The molecule has 4 aliphatic rings. The van der Waals surface area contributed by atoms with Crippen LogP contribution in [0.4, 0.5) is 5.69 Å². The molecule has 4 heterocycles. The van der Waals surface area contributed by atoms with Crippen LogP contribution < -0.4 is 29.7 Å². The first-order valence-corrected chi connectivity index (χ1v) is 14.3. The number of benzene rings is 3. The van der Waals surface area contributed by atoms with Crippen LogP contribution in [0.15, 0.2) is 66.7 Å². The summed E-state index contributed by atoms with van der Waals surface area (Å²) in [5.41, 5.74) is 2.84. The monoisotopic (exact) mass is 586 g/mol. The van der Waals surface area contributed by atoms with Crippen LogP contribution in [-0.2, 0) is 16.1 Å². The Morgan fingerprint density at radius 1 is 0.953 bits per heavy atom. The lowest BCUT2D eigenvalue weighted by molar-refractivity contribution is -0.123. The van der Waals surface area contributed by atoms with Gasteiger partial charge in [-0.1, -0.05) is 12.1 Å². The standard InChI is InChI=1S/C32H34N4O7/c1-40-27-11-6-23-16-28(27)42-20-30(37)33-17-21-2-9-25(10-3-21)43-29-19-36(18-26(29)34-31(23)38)32(39)22-4-7-24(8-5-22)35-12-14-41-15-13-35/h2-11,16,26,29H,12-15,17-20H2,1H3,(H,33,37)(H,34,38)/t26-,29-/m0/s1. The Bertz CT molecular complexity index is 1470. The Hall–Kier alpha value is -4.77. The molecule has 2 N–H and O–H groups in total. The van der Waals surface area contributed by atoms with Gasteiger partial charge in [-0.2, -0.15) is 0 Å². The lowest BCUT2D eigenvalue weighted by Gasteiger charge is -2.29. The number of methoxy groups -OCH3 is 1. The van der Waals surface area contributed by atoms with E-state index in [9.17, 15) is 14.4 Å². The third-order valence-electron chi connectivity index (χ3n) is 7.85. The number of nitrogens with zero attached hydrogens (tertiary/aromatic N) is 2. The maximum absolute atomic E-state index is 13.6. The first-order valence-electron chi connectivity index (χ1n) is 14.3. The molecule has 2 saturated heterocycles. The summed E-state index contributed by atoms with van der Waals surface area (Å²) < 4.78 is 22.9. The molecule has 0 aliphatic carbocycles. The molecule has 0 spiro atoms. The molecule has 3 amide bonds. The van der Waals surface area contributed by atoms with Crippen molar-refractivity contribution in [1.82, 2.24) is 15.5 Å². The molecule has 0 radical (unpaired) electrons. The molecule has 2 atom stereocenters. The van der Waals surface area contributed by atoms with Gasteiger partial charge < -0.3 is 39.4 Å². The Kier molecular flexibility index (Phi) is 8.32. The summed E-state index contributed by atoms with van der Waals surface area (Å²) in [6, 6.07) is 19.3. The zero-order valence-electron chi connectivity index (χ0n) is 23.9. The molecule has 4 bridgehead atoms. The van der Waals surface area contributed by atoms with E-state index in [0.29, 0.717) is 48.9 Å². The van der Waals surface area contributed by atoms with Gasteiger partial charge >= 0.3 is 0 Å². The predicted molar refractivity (Wildman–Crippen MR) is 158 cm³/mol. The minimum Gasteiger partial charge on any atom is -0.493 e. The van der Waals surface area contributed by atoms with Crippen molar-refractivity contribution in [2.24, 2.45) is 0 Å². The van der Waals surface area contributed by atoms with Crippen LogP contribution in [0, 0.1) is 0 Å². The number of amides is 3. The van der Waals surface area contributed by atoms with Gasteiger partial charge in [0.05, 0.1) is 32.9 Å². The van der Waals surface area contributed by atoms with Gasteiger partial charge in [0.2, 0.25) is 0 Å². The van der Waals surface area contributed by atoms with Gasteiger partial charge in [-0.3, -0.25) is 14.4 Å². The SMILES string of the molecule is COc1ccc2cc1OCC(=O)NCc1ccc(cc1)O[C@H]1CN(C(=O)c3ccc(N4CCOCC4)cc3)C[C@@H]1NC2=O. The zero-order valence-corrected chi connectivity index (χ0v) is 23.9. The summed E-state index contributed by atoms with van der Waals surface area (Å²) in [5, 5.41) is 5.88. The number of ether oxygens (including phenoxy) is 4. The van der Waals surface area contributed by atoms with Crippen LogP contribution in [0.3, 0.4) is 0 Å². The van der Waals surface area contributed by atoms with Crippen molar-refractivity contribution in [2.45, 2.75) is 18.7 Å². The van der Waals surface area contributed by atoms with Crippen molar-refractivity contribution in [1.29, 1.82) is 0 Å². The summed E-state index contributed by atoms with van der Waals surface area (Å²) in [4.78, 5) is 43.4. The first kappa shape index (κ1) is 28.4. The molecule has 11 nitrogen and oxygen atoms in total. The van der Waals surface area contributed by atoms with Crippen molar-refractivity contribution in [2.75, 3.05) is 58.0 Å². The molecule has 2 fully saturated rings. The number of morpholine rings is 1. The van der Waals surface area contributed by atoms with E-state index in [1.165, 1.54) is 7.11 Å². The maximum atomic E-state index is 13.6. The topological polar surface area (TPSA) is 119 Å². The minimum atomic E-state index is -0.490. The summed E-state index contributed by atoms with van der Waals surface area (Å²) in [7, 11) is 1.49. The minimum absolute atomic E-state index is 0.132. The molecule has 3 aromatic carbocycles. The highest BCUT2D eigenvalue weighted by Crippen LogP contribution is 2.29. The number of hydrogen-bond acceptors (Lipinski definition) is 8. The Morgan fingerprint density at radius 3 is 2.47 bits per heavy atom. The highest BCUT2D eigenvalue weighted by molar-refractivity contribution is 5.96. The average Bonchev–Trinajstić information content (AvgIpc) is 3.44. The largest absolute Gasteiger partial charge is 0.493 e. The van der Waals surface area contributed by atoms with Crippen LogP contribution in [0.2, 0.25) is 0 Å². The number of carbonyl (C=O) groups excluding carboxylic acids is 3.